The van der Waals surface area contributed by atoms with Gasteiger partial charge in [0.1, 0.15) is 18.7 Å². The quantitative estimate of drug-likeness (QED) is 0.332. The number of rotatable bonds is 7. The molecular formula is C20H19N3O6. The van der Waals surface area contributed by atoms with Crippen LogP contribution in [0.1, 0.15) is 24.5 Å². The molecule has 29 heavy (non-hydrogen) atoms. The van der Waals surface area contributed by atoms with Gasteiger partial charge in [-0.1, -0.05) is 49.4 Å². The minimum Gasteiger partial charge on any atom is -0.459 e. The molecule has 2 aromatic carbocycles. The predicted molar refractivity (Wildman–Crippen MR) is 102 cm³/mol. The number of esters is 1. The number of hydrogen-bond donors (Lipinski definition) is 1. The lowest BCUT2D eigenvalue weighted by molar-refractivity contribution is -0.385. The van der Waals surface area contributed by atoms with E-state index >= 15 is 0 Å². The van der Waals surface area contributed by atoms with Crippen LogP contribution in [-0.4, -0.2) is 34.3 Å². The van der Waals surface area contributed by atoms with Gasteiger partial charge in [-0.3, -0.25) is 24.6 Å². The zero-order valence-corrected chi connectivity index (χ0v) is 15.7. The summed E-state index contributed by atoms with van der Waals surface area (Å²) in [6, 6.07) is 14.0. The van der Waals surface area contributed by atoms with Crippen molar-refractivity contribution in [1.29, 1.82) is 0 Å². The Morgan fingerprint density at radius 1 is 1.14 bits per heavy atom. The summed E-state index contributed by atoms with van der Waals surface area (Å²) in [6.07, 6.45) is 0.309. The molecule has 150 valence electrons. The second kappa shape index (κ2) is 8.09. The number of amides is 3. The lowest BCUT2D eigenvalue weighted by atomic mass is 9.87. The van der Waals surface area contributed by atoms with E-state index in [1.807, 2.05) is 0 Å². The Morgan fingerprint density at radius 2 is 1.79 bits per heavy atom. The van der Waals surface area contributed by atoms with Crippen molar-refractivity contribution in [2.45, 2.75) is 25.5 Å². The summed E-state index contributed by atoms with van der Waals surface area (Å²) in [4.78, 5) is 48.8. The van der Waals surface area contributed by atoms with E-state index in [2.05, 4.69) is 5.32 Å². The number of ether oxygens (including phenoxy) is 1. The third-order valence-electron chi connectivity index (χ3n) is 4.84. The number of nitrogens with one attached hydrogen (secondary N) is 1. The lowest BCUT2D eigenvalue weighted by Crippen LogP contribution is -2.43. The van der Waals surface area contributed by atoms with Gasteiger partial charge in [0.25, 0.3) is 11.6 Å². The summed E-state index contributed by atoms with van der Waals surface area (Å²) in [5, 5.41) is 13.7. The molecule has 0 unspecified atom stereocenters. The number of nitro benzene ring substituents is 1. The van der Waals surface area contributed by atoms with Crippen LogP contribution in [0.5, 0.6) is 0 Å². The van der Waals surface area contributed by atoms with Gasteiger partial charge in [0.15, 0.2) is 0 Å². The topological polar surface area (TPSA) is 119 Å². The number of carbonyl (C=O) groups excluding carboxylic acids is 3. The summed E-state index contributed by atoms with van der Waals surface area (Å²) in [7, 11) is 0. The first kappa shape index (κ1) is 20.0. The Hall–Kier alpha value is -3.75. The van der Waals surface area contributed by atoms with Gasteiger partial charge in [-0.15, -0.1) is 0 Å². The average molecular weight is 397 g/mol. The Labute approximate surface area is 166 Å². The van der Waals surface area contributed by atoms with Crippen molar-refractivity contribution >= 4 is 23.6 Å². The average Bonchev–Trinajstić information content (AvgIpc) is 2.98. The number of benzene rings is 2. The molecule has 0 spiro atoms. The third kappa shape index (κ3) is 3.79. The molecular weight excluding hydrogens is 378 g/mol. The van der Waals surface area contributed by atoms with E-state index in [0.717, 1.165) is 4.90 Å². The lowest BCUT2D eigenvalue weighted by Gasteiger charge is -2.25. The van der Waals surface area contributed by atoms with Crippen LogP contribution >= 0.6 is 0 Å². The number of nitrogens with zero attached hydrogens (tertiary/aromatic N) is 2. The molecule has 9 nitrogen and oxygen atoms in total. The highest BCUT2D eigenvalue weighted by Gasteiger charge is 2.51. The van der Waals surface area contributed by atoms with Crippen molar-refractivity contribution in [2.75, 3.05) is 6.54 Å². The number of hydrogen-bond acceptors (Lipinski definition) is 6. The fourth-order valence-electron chi connectivity index (χ4n) is 3.28. The molecule has 0 radical (unpaired) electrons. The number of nitro groups is 1. The van der Waals surface area contributed by atoms with Crippen molar-refractivity contribution < 1.29 is 24.0 Å². The molecule has 0 saturated carbocycles. The maximum atomic E-state index is 13.0. The van der Waals surface area contributed by atoms with Crippen molar-refractivity contribution in [1.82, 2.24) is 10.2 Å². The molecule has 3 amide bonds. The van der Waals surface area contributed by atoms with E-state index in [4.69, 9.17) is 4.74 Å². The Balaban J connectivity index is 1.70. The molecule has 1 atom stereocenters. The van der Waals surface area contributed by atoms with Crippen molar-refractivity contribution in [3.8, 4) is 0 Å². The Morgan fingerprint density at radius 3 is 2.45 bits per heavy atom. The summed E-state index contributed by atoms with van der Waals surface area (Å²) >= 11 is 0. The highest BCUT2D eigenvalue weighted by atomic mass is 16.6. The molecule has 1 heterocycles. The molecule has 9 heteroatoms. The van der Waals surface area contributed by atoms with Gasteiger partial charge in [0.05, 0.1) is 10.5 Å². The van der Waals surface area contributed by atoms with Crippen molar-refractivity contribution in [2.24, 2.45) is 0 Å². The SMILES string of the molecule is CC[C@]1(c2ccccc2)NC(=O)N(CC(=O)OCc2ccccc2[N+](=O)[O-])C1=O. The number of para-hydroxylation sites is 1. The standard InChI is InChI=1S/C20H19N3O6/c1-2-20(15-9-4-3-5-10-15)18(25)22(19(26)21-20)12-17(24)29-13-14-8-6-7-11-16(14)23(27)28/h3-11H,2,12-13H2,1H3,(H,21,26)/t20-/m1/s1. The van der Waals surface area contributed by atoms with Crippen molar-refractivity contribution in [3.05, 3.63) is 75.8 Å². The third-order valence-corrected chi connectivity index (χ3v) is 4.84. The van der Waals surface area contributed by atoms with Crippen LogP contribution in [0, 0.1) is 10.1 Å². The summed E-state index contributed by atoms with van der Waals surface area (Å²) in [5.41, 5.74) is -0.576. The highest BCUT2D eigenvalue weighted by Crippen LogP contribution is 2.32. The zero-order valence-electron chi connectivity index (χ0n) is 15.7. The van der Waals surface area contributed by atoms with Crippen LogP contribution in [0.4, 0.5) is 10.5 Å². The van der Waals surface area contributed by atoms with Crippen LogP contribution in [0.25, 0.3) is 0 Å². The largest absolute Gasteiger partial charge is 0.459 e. The monoisotopic (exact) mass is 397 g/mol. The summed E-state index contributed by atoms with van der Waals surface area (Å²) < 4.78 is 5.07. The van der Waals surface area contributed by atoms with Crippen LogP contribution in [0.2, 0.25) is 0 Å². The second-order valence-electron chi connectivity index (χ2n) is 6.49. The fourth-order valence-corrected chi connectivity index (χ4v) is 3.28. The maximum Gasteiger partial charge on any atom is 0.326 e. The maximum absolute atomic E-state index is 13.0. The van der Waals surface area contributed by atoms with E-state index < -0.39 is 34.9 Å². The normalized spacial score (nSPS) is 18.4. The van der Waals surface area contributed by atoms with Gasteiger partial charge in [-0.05, 0) is 18.1 Å². The Kier molecular flexibility index (Phi) is 5.58. The molecule has 1 fully saturated rings. The smallest absolute Gasteiger partial charge is 0.326 e. The first-order valence-corrected chi connectivity index (χ1v) is 8.96. The second-order valence-corrected chi connectivity index (χ2v) is 6.49. The van der Waals surface area contributed by atoms with Gasteiger partial charge in [0, 0.05) is 6.07 Å². The minimum absolute atomic E-state index is 0.177. The number of imide groups is 1. The van der Waals surface area contributed by atoms with Crippen LogP contribution < -0.4 is 5.32 Å². The molecule has 1 aliphatic rings. The highest BCUT2D eigenvalue weighted by molar-refractivity contribution is 6.09. The molecule has 0 bridgehead atoms. The predicted octanol–water partition coefficient (Wildman–Crippen LogP) is 2.50. The van der Waals surface area contributed by atoms with Gasteiger partial charge >= 0.3 is 12.0 Å². The van der Waals surface area contributed by atoms with E-state index in [-0.39, 0.29) is 17.9 Å². The molecule has 1 aliphatic heterocycles. The zero-order chi connectivity index (χ0) is 21.0. The minimum atomic E-state index is -1.24. The van der Waals surface area contributed by atoms with Crippen LogP contribution in [0.15, 0.2) is 54.6 Å². The van der Waals surface area contributed by atoms with E-state index in [1.54, 1.807) is 43.3 Å². The molecule has 0 aromatic heterocycles. The molecule has 2 aromatic rings. The van der Waals surface area contributed by atoms with Crippen LogP contribution in [-0.2, 0) is 26.5 Å². The van der Waals surface area contributed by atoms with Gasteiger partial charge < -0.3 is 10.1 Å². The molecule has 3 rings (SSSR count). The first-order valence-electron chi connectivity index (χ1n) is 8.96. The molecule has 1 saturated heterocycles. The summed E-state index contributed by atoms with van der Waals surface area (Å²) in [5.74, 6) is -1.38. The summed E-state index contributed by atoms with van der Waals surface area (Å²) in [6.45, 7) is 0.846. The van der Waals surface area contributed by atoms with E-state index in [1.165, 1.54) is 18.2 Å². The first-order chi connectivity index (χ1) is 13.9. The fraction of sp³-hybridized carbons (Fsp3) is 0.250. The Bertz CT molecular complexity index is 962. The molecule has 1 N–H and O–H groups in total. The molecule has 0 aliphatic carbocycles. The van der Waals surface area contributed by atoms with Gasteiger partial charge in [0.2, 0.25) is 0 Å². The number of carbonyl (C=O) groups is 3. The van der Waals surface area contributed by atoms with E-state index in [0.29, 0.717) is 12.0 Å². The number of urea groups is 1. The van der Waals surface area contributed by atoms with Crippen molar-refractivity contribution in [3.63, 3.8) is 0 Å². The van der Waals surface area contributed by atoms with Gasteiger partial charge in [-0.2, -0.15) is 0 Å². The van der Waals surface area contributed by atoms with E-state index in [9.17, 15) is 24.5 Å². The van der Waals surface area contributed by atoms with Crippen LogP contribution in [0.3, 0.4) is 0 Å². The van der Waals surface area contributed by atoms with Gasteiger partial charge in [-0.25, -0.2) is 4.79 Å².